The number of aliphatic hydroxyl groups is 1. The van der Waals surface area contributed by atoms with Gasteiger partial charge in [0.2, 0.25) is 41.4 Å². The Bertz CT molecular complexity index is 2940. The molecule has 12 atom stereocenters. The molecule has 0 saturated carbocycles. The minimum absolute atomic E-state index is 0.0488. The molecule has 1 aliphatic heterocycles. The Morgan fingerprint density at radius 1 is 0.606 bits per heavy atom. The van der Waals surface area contributed by atoms with Crippen molar-refractivity contribution >= 4 is 59.2 Å². The van der Waals surface area contributed by atoms with E-state index in [0.717, 1.165) is 0 Å². The lowest BCUT2D eigenvalue weighted by atomic mass is 9.89. The molecule has 0 bridgehead atoms. The van der Waals surface area contributed by atoms with E-state index in [-0.39, 0.29) is 82.3 Å². The summed E-state index contributed by atoms with van der Waals surface area (Å²) in [6.07, 6.45) is -1.14. The number of nitrogens with two attached hydrogens (primary N) is 2. The van der Waals surface area contributed by atoms with Crippen LogP contribution in [0.2, 0.25) is 0 Å². The van der Waals surface area contributed by atoms with Gasteiger partial charge in [0, 0.05) is 60.1 Å². The highest BCUT2D eigenvalue weighted by Gasteiger charge is 2.44. The zero-order chi connectivity index (χ0) is 80.8. The standard InChI is InChI=1S/C77H131N11O21/c1-15-54(8)68(62(99-13)49-64(90)88-32-20-24-61(88)70(100-14)55(9)71(92)81-56(10)69(91)58-21-17-16-18-22-58)86(11)75(96)66(52(4)5)85-74(95)67(53(6)7)87(12)77(98)109-50-57-25-27-59(28-26-57)82-72(93)60(23-19-31-80-76(79)97)83-73(94)65(51(2)3)84-63(89)29-33-101-35-37-103-39-41-105-43-45-107-47-48-108-46-44-106-42-40-104-38-36-102-34-30-78/h16-18,21-22,25-28,51-56,60-62,65-70,91H,15,19-20,23-24,29-50,78H2,1-14H3,(H,81,92)(H,82,93)(H,83,94)(H,84,89)(H,85,95)(H3,79,80,97)/t54-,55+,56+,60-,61-,62?,65-,66-,67-,68-,69+,70+/m0/s1. The molecule has 2 aromatic carbocycles. The van der Waals surface area contributed by atoms with Crippen LogP contribution in [0.3, 0.4) is 0 Å². The molecule has 0 spiro atoms. The third-order valence-corrected chi connectivity index (χ3v) is 18.9. The molecule has 32 heteroatoms. The number of likely N-dealkylation sites (tertiary alicyclic amines) is 1. The third-order valence-electron chi connectivity index (χ3n) is 18.9. The van der Waals surface area contributed by atoms with Gasteiger partial charge in [-0.1, -0.05) is 111 Å². The molecule has 1 fully saturated rings. The van der Waals surface area contributed by atoms with Crippen molar-refractivity contribution in [2.45, 2.75) is 181 Å². The Balaban J connectivity index is 1.52. The quantitative estimate of drug-likeness (QED) is 0.0421. The smallest absolute Gasteiger partial charge is 0.410 e. The number of nitrogens with one attached hydrogen (secondary N) is 6. The molecule has 0 aliphatic carbocycles. The summed E-state index contributed by atoms with van der Waals surface area (Å²) in [5, 5.41) is 27.7. The number of benzene rings is 2. The summed E-state index contributed by atoms with van der Waals surface area (Å²) in [6.45, 7) is 25.1. The van der Waals surface area contributed by atoms with Crippen LogP contribution in [0.15, 0.2) is 54.6 Å². The highest BCUT2D eigenvalue weighted by molar-refractivity contribution is 5.98. The summed E-state index contributed by atoms with van der Waals surface area (Å²) in [5.74, 6) is -5.35. The number of anilines is 1. The number of primary amides is 1. The van der Waals surface area contributed by atoms with Gasteiger partial charge in [0.25, 0.3) is 0 Å². The molecule has 10 amide bonds. The van der Waals surface area contributed by atoms with Gasteiger partial charge in [-0.15, -0.1) is 0 Å². The number of hydrogen-bond donors (Lipinski definition) is 9. The summed E-state index contributed by atoms with van der Waals surface area (Å²) in [4.78, 5) is 128. The van der Waals surface area contributed by atoms with E-state index in [4.69, 9.17) is 63.6 Å². The van der Waals surface area contributed by atoms with Crippen molar-refractivity contribution in [1.82, 2.24) is 41.3 Å². The van der Waals surface area contributed by atoms with E-state index in [2.05, 4.69) is 31.9 Å². The Morgan fingerprint density at radius 2 is 1.14 bits per heavy atom. The van der Waals surface area contributed by atoms with E-state index >= 15 is 0 Å². The number of rotatable bonds is 58. The number of methoxy groups -OCH3 is 2. The lowest BCUT2D eigenvalue weighted by molar-refractivity contribution is -0.148. The van der Waals surface area contributed by atoms with Crippen molar-refractivity contribution in [3.05, 3.63) is 65.7 Å². The maximum Gasteiger partial charge on any atom is 0.410 e. The molecular formula is C77H131N11O21. The largest absolute Gasteiger partial charge is 0.445 e. The van der Waals surface area contributed by atoms with Gasteiger partial charge in [0.05, 0.1) is 154 Å². The van der Waals surface area contributed by atoms with E-state index < -0.39 is 120 Å². The zero-order valence-corrected chi connectivity index (χ0v) is 67.1. The van der Waals surface area contributed by atoms with E-state index in [1.165, 1.54) is 26.2 Å². The summed E-state index contributed by atoms with van der Waals surface area (Å²) in [7, 11) is 6.09. The number of likely N-dealkylation sites (N-methyl/N-ethyl adjacent to an activating group) is 2. The van der Waals surface area contributed by atoms with Crippen LogP contribution in [-0.2, 0) is 92.3 Å². The second kappa shape index (κ2) is 54.4. The van der Waals surface area contributed by atoms with Crippen LogP contribution in [0.5, 0.6) is 0 Å². The number of nitrogens with zero attached hydrogens (tertiary/aromatic N) is 3. The van der Waals surface area contributed by atoms with Gasteiger partial charge >= 0.3 is 12.1 Å². The maximum atomic E-state index is 14.9. The first-order valence-electron chi connectivity index (χ1n) is 38.3. The lowest BCUT2D eigenvalue weighted by Crippen LogP contribution is -2.60. The molecule has 0 aromatic heterocycles. The fourth-order valence-corrected chi connectivity index (χ4v) is 12.6. The maximum absolute atomic E-state index is 14.9. The molecule has 2 aromatic rings. The summed E-state index contributed by atoms with van der Waals surface area (Å²) >= 11 is 0. The zero-order valence-electron chi connectivity index (χ0n) is 67.1. The Labute approximate surface area is 645 Å². The van der Waals surface area contributed by atoms with Crippen molar-refractivity contribution < 1.29 is 100 Å². The number of carbonyl (C=O) groups is 9. The highest BCUT2D eigenvalue weighted by Crippen LogP contribution is 2.31. The van der Waals surface area contributed by atoms with Crippen molar-refractivity contribution in [2.75, 3.05) is 159 Å². The highest BCUT2D eigenvalue weighted by atomic mass is 16.6. The minimum atomic E-state index is -1.12. The fraction of sp³-hybridized carbons (Fsp3) is 0.727. The van der Waals surface area contributed by atoms with Gasteiger partial charge in [-0.05, 0) is 79.5 Å². The monoisotopic (exact) mass is 1550 g/mol. The summed E-state index contributed by atoms with van der Waals surface area (Å²) in [5.41, 5.74) is 12.2. The van der Waals surface area contributed by atoms with E-state index in [9.17, 15) is 48.3 Å². The number of ether oxygens (including phenoxy) is 11. The fourth-order valence-electron chi connectivity index (χ4n) is 12.6. The molecule has 1 saturated heterocycles. The molecule has 1 aliphatic rings. The first-order chi connectivity index (χ1) is 52.1. The van der Waals surface area contributed by atoms with Crippen LogP contribution in [0, 0.1) is 29.6 Å². The van der Waals surface area contributed by atoms with Crippen molar-refractivity contribution in [3.63, 3.8) is 0 Å². The van der Waals surface area contributed by atoms with Gasteiger partial charge in [0.15, 0.2) is 0 Å². The van der Waals surface area contributed by atoms with Crippen molar-refractivity contribution in [3.8, 4) is 0 Å². The van der Waals surface area contributed by atoms with Crippen molar-refractivity contribution in [2.24, 2.45) is 41.1 Å². The first-order valence-corrected chi connectivity index (χ1v) is 38.3. The van der Waals surface area contributed by atoms with Crippen molar-refractivity contribution in [1.29, 1.82) is 0 Å². The topological polar surface area (TPSA) is 409 Å². The second-order valence-electron chi connectivity index (χ2n) is 28.2. The first kappa shape index (κ1) is 96.0. The molecule has 0 radical (unpaired) electrons. The van der Waals surface area contributed by atoms with Gasteiger partial charge in [0.1, 0.15) is 30.8 Å². The number of hydrogen-bond acceptors (Lipinski definition) is 22. The predicted molar refractivity (Wildman–Crippen MR) is 409 cm³/mol. The minimum Gasteiger partial charge on any atom is -0.445 e. The number of amides is 10. The second-order valence-corrected chi connectivity index (χ2v) is 28.2. The van der Waals surface area contributed by atoms with Crippen LogP contribution in [0.25, 0.3) is 0 Å². The molecule has 3 rings (SSSR count). The van der Waals surface area contributed by atoms with Crippen LogP contribution in [0.1, 0.15) is 131 Å². The molecule has 11 N–H and O–H groups in total. The lowest BCUT2D eigenvalue weighted by Gasteiger charge is -2.41. The van der Waals surface area contributed by atoms with Crippen LogP contribution in [0.4, 0.5) is 15.3 Å². The van der Waals surface area contributed by atoms with Crippen LogP contribution in [-0.4, -0.2) is 281 Å². The molecule has 1 heterocycles. The normalized spacial score (nSPS) is 16.0. The molecule has 620 valence electrons. The summed E-state index contributed by atoms with van der Waals surface area (Å²) < 4.78 is 61.6. The van der Waals surface area contributed by atoms with Gasteiger partial charge in [-0.2, -0.15) is 0 Å². The number of urea groups is 1. The SMILES string of the molecule is CC[C@H](C)[C@@H](C(CC(=O)N1CCC[C@H]1[C@H](OC)[C@@H](C)C(=O)N[C@H](C)[C@@H](O)c1ccccc1)OC)N(C)C(=O)[C@@H](NC(=O)[C@H](C(C)C)N(C)C(=O)OCc1ccc(NC(=O)[C@H](CCCNC(N)=O)NC(=O)[C@@H](NC(=O)CCOCCOCCOCCOCCOCCOCCOCCOCCN)C(C)C)cc1)C(C)C. The van der Waals surface area contributed by atoms with E-state index in [0.29, 0.717) is 135 Å². The summed E-state index contributed by atoms with van der Waals surface area (Å²) in [6, 6.07) is 8.74. The van der Waals surface area contributed by atoms with E-state index in [1.807, 2.05) is 32.0 Å². The Kier molecular flexibility index (Phi) is 47.9. The average Bonchev–Trinajstić information content (AvgIpc) is 1.80. The van der Waals surface area contributed by atoms with Gasteiger partial charge in [-0.25, -0.2) is 9.59 Å². The van der Waals surface area contributed by atoms with E-state index in [1.54, 1.807) is 109 Å². The molecule has 1 unspecified atom stereocenters. The average molecular weight is 1550 g/mol. The molecular weight excluding hydrogens is 1410 g/mol. The van der Waals surface area contributed by atoms with Crippen LogP contribution < -0.4 is 43.4 Å². The van der Waals surface area contributed by atoms with Crippen LogP contribution >= 0.6 is 0 Å². The Hall–Kier alpha value is -7.21. The van der Waals surface area contributed by atoms with Gasteiger partial charge < -0.3 is 110 Å². The molecule has 32 nitrogen and oxygen atoms in total. The Morgan fingerprint density at radius 3 is 1.62 bits per heavy atom. The number of carbonyl (C=O) groups excluding carboxylic acids is 9. The van der Waals surface area contributed by atoms with Gasteiger partial charge in [-0.3, -0.25) is 38.5 Å². The third kappa shape index (κ3) is 35.8. The predicted octanol–water partition coefficient (Wildman–Crippen LogP) is 4.07. The molecule has 109 heavy (non-hydrogen) atoms. The number of aliphatic hydroxyl groups excluding tert-OH is 1.